The second kappa shape index (κ2) is 2.56. The van der Waals surface area contributed by atoms with Gasteiger partial charge in [-0.1, -0.05) is 18.2 Å². The first-order valence-corrected chi connectivity index (χ1v) is 3.69. The lowest BCUT2D eigenvalue weighted by atomic mass is 9.99. The maximum atomic E-state index is 4.25. The van der Waals surface area contributed by atoms with Crippen molar-refractivity contribution in [1.82, 2.24) is 10.6 Å². The zero-order valence-corrected chi connectivity index (χ0v) is 5.88. The Labute approximate surface area is 61.0 Å². The van der Waals surface area contributed by atoms with Crippen LogP contribution in [0.1, 0.15) is 6.42 Å². The molecule has 1 saturated heterocycles. The maximum absolute atomic E-state index is 4.25. The molecule has 1 fully saturated rings. The van der Waals surface area contributed by atoms with Gasteiger partial charge in [-0.05, 0) is 12.0 Å². The molecule has 0 bridgehead atoms. The lowest BCUT2D eigenvalue weighted by Crippen LogP contribution is -2.42. The Balaban J connectivity index is 2.13. The first-order valence-electron chi connectivity index (χ1n) is 3.69. The van der Waals surface area contributed by atoms with E-state index in [1.54, 1.807) is 0 Å². The number of hydrogen-bond acceptors (Lipinski definition) is 1. The highest BCUT2D eigenvalue weighted by atomic mass is 15.1. The molecule has 2 aliphatic rings. The highest BCUT2D eigenvalue weighted by Crippen LogP contribution is 2.13. The molecule has 1 aliphatic heterocycles. The minimum absolute atomic E-state index is 0.492. The molecule has 0 amide bonds. The molecule has 53 valence electrons. The summed E-state index contributed by atoms with van der Waals surface area (Å²) >= 11 is 0. The molecule has 0 aromatic carbocycles. The summed E-state index contributed by atoms with van der Waals surface area (Å²) in [7, 11) is 0. The topological polar surface area (TPSA) is 26.1 Å². The lowest BCUT2D eigenvalue weighted by molar-refractivity contribution is 0.504. The molecule has 0 spiro atoms. The Morgan fingerprint density at radius 1 is 1.60 bits per heavy atom. The van der Waals surface area contributed by atoms with Crippen LogP contribution in [-0.2, 0) is 0 Å². The third kappa shape index (κ3) is 1.00. The van der Waals surface area contributed by atoms with Crippen molar-refractivity contribution in [2.24, 2.45) is 0 Å². The van der Waals surface area contributed by atoms with E-state index < -0.39 is 0 Å². The molecule has 10 heavy (non-hydrogen) atoms. The average molecular weight is 135 g/mol. The zero-order valence-electron chi connectivity index (χ0n) is 5.88. The van der Waals surface area contributed by atoms with E-state index in [0.717, 1.165) is 19.6 Å². The van der Waals surface area contributed by atoms with Gasteiger partial charge in [0.15, 0.2) is 0 Å². The fraction of sp³-hybridized carbons (Fsp3) is 0.500. The number of fused-ring (bicyclic) bond motifs is 1. The minimum Gasteiger partial charge on any atom is -0.293 e. The molecule has 2 nitrogen and oxygen atoms in total. The fourth-order valence-electron chi connectivity index (χ4n) is 1.39. The van der Waals surface area contributed by atoms with Crippen molar-refractivity contribution in [3.63, 3.8) is 0 Å². The van der Waals surface area contributed by atoms with Crippen molar-refractivity contribution in [3.8, 4) is 0 Å². The van der Waals surface area contributed by atoms with E-state index in [1.165, 1.54) is 5.57 Å². The van der Waals surface area contributed by atoms with Crippen LogP contribution >= 0.6 is 0 Å². The van der Waals surface area contributed by atoms with Gasteiger partial charge in [0.1, 0.15) is 0 Å². The Bertz CT molecular complexity index is 182. The molecular formula is C8H11N2. The molecule has 1 atom stereocenters. The van der Waals surface area contributed by atoms with Gasteiger partial charge in [0, 0.05) is 12.6 Å². The lowest BCUT2D eigenvalue weighted by Gasteiger charge is -2.25. The summed E-state index contributed by atoms with van der Waals surface area (Å²) in [4.78, 5) is 0. The van der Waals surface area contributed by atoms with Crippen molar-refractivity contribution in [2.45, 2.75) is 12.5 Å². The molecule has 2 rings (SSSR count). The van der Waals surface area contributed by atoms with Crippen LogP contribution in [0, 0.1) is 0 Å². The van der Waals surface area contributed by atoms with E-state index in [1.807, 2.05) is 0 Å². The van der Waals surface area contributed by atoms with Gasteiger partial charge < -0.3 is 0 Å². The minimum atomic E-state index is 0.492. The molecule has 0 aromatic heterocycles. The molecule has 1 unspecified atom stereocenters. The van der Waals surface area contributed by atoms with Gasteiger partial charge in [0.25, 0.3) is 0 Å². The van der Waals surface area contributed by atoms with Crippen molar-refractivity contribution in [2.75, 3.05) is 13.2 Å². The van der Waals surface area contributed by atoms with E-state index in [4.69, 9.17) is 0 Å². The Morgan fingerprint density at radius 3 is 3.50 bits per heavy atom. The van der Waals surface area contributed by atoms with Gasteiger partial charge >= 0.3 is 0 Å². The summed E-state index contributed by atoms with van der Waals surface area (Å²) in [6, 6.07) is 0.492. The molecule has 1 aliphatic carbocycles. The largest absolute Gasteiger partial charge is 0.293 e. The smallest absolute Gasteiger partial charge is 0.0634 e. The molecule has 0 aromatic rings. The van der Waals surface area contributed by atoms with Crippen LogP contribution in [0.3, 0.4) is 0 Å². The SMILES string of the molecule is C1=CC2NC[N]CC2=CC1. The number of nitrogens with one attached hydrogen (secondary N) is 1. The second-order valence-corrected chi connectivity index (χ2v) is 2.66. The van der Waals surface area contributed by atoms with Gasteiger partial charge in [0.05, 0.1) is 6.67 Å². The van der Waals surface area contributed by atoms with Crippen LogP contribution in [-0.4, -0.2) is 19.3 Å². The van der Waals surface area contributed by atoms with Gasteiger partial charge in [0.2, 0.25) is 0 Å². The number of allylic oxidation sites excluding steroid dienone is 2. The van der Waals surface area contributed by atoms with Gasteiger partial charge in [-0.3, -0.25) is 5.32 Å². The van der Waals surface area contributed by atoms with Crippen LogP contribution in [0.5, 0.6) is 0 Å². The van der Waals surface area contributed by atoms with Crippen molar-refractivity contribution < 1.29 is 0 Å². The highest BCUT2D eigenvalue weighted by molar-refractivity contribution is 5.26. The van der Waals surface area contributed by atoms with Crippen molar-refractivity contribution >= 4 is 0 Å². The normalized spacial score (nSPS) is 31.2. The van der Waals surface area contributed by atoms with E-state index in [0.29, 0.717) is 6.04 Å². The Morgan fingerprint density at radius 2 is 2.60 bits per heavy atom. The van der Waals surface area contributed by atoms with E-state index in [-0.39, 0.29) is 0 Å². The summed E-state index contributed by atoms with van der Waals surface area (Å²) in [5.74, 6) is 0. The summed E-state index contributed by atoms with van der Waals surface area (Å²) in [5, 5.41) is 7.55. The van der Waals surface area contributed by atoms with Gasteiger partial charge in [-0.25, -0.2) is 5.32 Å². The van der Waals surface area contributed by atoms with Crippen molar-refractivity contribution in [3.05, 3.63) is 23.8 Å². The number of nitrogens with zero attached hydrogens (tertiary/aromatic N) is 1. The number of hydrogen-bond donors (Lipinski definition) is 1. The third-order valence-electron chi connectivity index (χ3n) is 1.96. The first kappa shape index (κ1) is 6.13. The summed E-state index contributed by atoms with van der Waals surface area (Å²) in [6.07, 6.45) is 7.78. The van der Waals surface area contributed by atoms with E-state index >= 15 is 0 Å². The predicted octanol–water partition coefficient (Wildman–Crippen LogP) is 0.406. The Kier molecular flexibility index (Phi) is 1.57. The fourth-order valence-corrected chi connectivity index (χ4v) is 1.39. The highest BCUT2D eigenvalue weighted by Gasteiger charge is 2.16. The van der Waals surface area contributed by atoms with Crippen LogP contribution in [0.15, 0.2) is 23.8 Å². The molecule has 1 radical (unpaired) electrons. The molecule has 1 N–H and O–H groups in total. The van der Waals surface area contributed by atoms with E-state index in [2.05, 4.69) is 28.9 Å². The maximum Gasteiger partial charge on any atom is 0.0634 e. The van der Waals surface area contributed by atoms with Gasteiger partial charge in [-0.2, -0.15) is 0 Å². The molecule has 2 heteroatoms. The Hall–Kier alpha value is -0.600. The van der Waals surface area contributed by atoms with Crippen LogP contribution in [0.2, 0.25) is 0 Å². The molecule has 0 saturated carbocycles. The van der Waals surface area contributed by atoms with Crippen LogP contribution in [0.4, 0.5) is 0 Å². The zero-order chi connectivity index (χ0) is 6.81. The monoisotopic (exact) mass is 135 g/mol. The summed E-state index contributed by atoms with van der Waals surface area (Å²) < 4.78 is 0. The second-order valence-electron chi connectivity index (χ2n) is 2.66. The number of rotatable bonds is 0. The van der Waals surface area contributed by atoms with Crippen molar-refractivity contribution in [1.29, 1.82) is 0 Å². The van der Waals surface area contributed by atoms with Crippen LogP contribution in [0.25, 0.3) is 0 Å². The van der Waals surface area contributed by atoms with Crippen LogP contribution < -0.4 is 10.6 Å². The summed E-state index contributed by atoms with van der Waals surface area (Å²) in [5.41, 5.74) is 1.44. The molecular weight excluding hydrogens is 124 g/mol. The quantitative estimate of drug-likeness (QED) is 0.478. The molecule has 1 heterocycles. The predicted molar refractivity (Wildman–Crippen MR) is 40.6 cm³/mol. The van der Waals surface area contributed by atoms with E-state index in [9.17, 15) is 0 Å². The average Bonchev–Trinajstić information content (AvgIpc) is 2.05. The van der Waals surface area contributed by atoms with Gasteiger partial charge in [-0.15, -0.1) is 0 Å². The first-order chi connectivity index (χ1) is 4.97. The third-order valence-corrected chi connectivity index (χ3v) is 1.96. The standard InChI is InChI=1S/C8H11N2/c1-2-4-8-7(3-1)5-9-6-10-8/h2-4,8,10H,1,5-6H2. The summed E-state index contributed by atoms with van der Waals surface area (Å²) in [6.45, 7) is 1.74.